The van der Waals surface area contributed by atoms with Gasteiger partial charge in [0.25, 0.3) is 5.91 Å². The van der Waals surface area contributed by atoms with Crippen molar-refractivity contribution in [2.45, 2.75) is 32.2 Å². The van der Waals surface area contributed by atoms with Crippen LogP contribution in [-0.2, 0) is 11.3 Å². The number of amides is 2. The second kappa shape index (κ2) is 9.84. The van der Waals surface area contributed by atoms with Crippen LogP contribution in [0.25, 0.3) is 0 Å². The van der Waals surface area contributed by atoms with Crippen LogP contribution in [0.5, 0.6) is 0 Å². The monoisotopic (exact) mass is 410 g/mol. The van der Waals surface area contributed by atoms with Crippen LogP contribution in [0, 0.1) is 5.92 Å². The number of piperazine rings is 1. The fraction of sp³-hybridized carbons (Fsp3) is 0.545. The van der Waals surface area contributed by atoms with Gasteiger partial charge in [-0.1, -0.05) is 48.4 Å². The number of carbonyl (C=O) groups excluding carboxylic acids is 2. The topological polar surface area (TPSA) is 83.4 Å². The molecule has 0 atom stereocenters. The molecular formula is C22H30N6O2. The van der Waals surface area contributed by atoms with Gasteiger partial charge in [-0.05, 0) is 18.4 Å². The lowest BCUT2D eigenvalue weighted by Crippen LogP contribution is -2.51. The van der Waals surface area contributed by atoms with Gasteiger partial charge in [-0.25, -0.2) is 4.68 Å². The van der Waals surface area contributed by atoms with E-state index in [1.807, 2.05) is 35.2 Å². The summed E-state index contributed by atoms with van der Waals surface area (Å²) in [5.74, 6) is 0.398. The van der Waals surface area contributed by atoms with E-state index in [4.69, 9.17) is 0 Å². The van der Waals surface area contributed by atoms with Gasteiger partial charge in [0.15, 0.2) is 5.69 Å². The van der Waals surface area contributed by atoms with E-state index >= 15 is 0 Å². The third kappa shape index (κ3) is 5.24. The summed E-state index contributed by atoms with van der Waals surface area (Å²) >= 11 is 0. The molecule has 2 aliphatic rings. The van der Waals surface area contributed by atoms with Crippen LogP contribution < -0.4 is 5.32 Å². The van der Waals surface area contributed by atoms with E-state index < -0.39 is 0 Å². The van der Waals surface area contributed by atoms with Crippen LogP contribution in [0.2, 0.25) is 0 Å². The van der Waals surface area contributed by atoms with Crippen LogP contribution in [0.15, 0.2) is 36.5 Å². The second-order valence-electron chi connectivity index (χ2n) is 8.19. The van der Waals surface area contributed by atoms with E-state index in [0.717, 1.165) is 51.1 Å². The summed E-state index contributed by atoms with van der Waals surface area (Å²) in [6, 6.07) is 9.96. The van der Waals surface area contributed by atoms with Crippen LogP contribution in [0.1, 0.15) is 41.7 Å². The Morgan fingerprint density at radius 1 is 1.03 bits per heavy atom. The summed E-state index contributed by atoms with van der Waals surface area (Å²) in [7, 11) is 0. The number of aromatic nitrogens is 3. The molecule has 2 fully saturated rings. The SMILES string of the molecule is O=C(NCCN1CCN(C(=O)C2CCCC2)CC1)c1cn(Cc2ccccc2)nn1. The Balaban J connectivity index is 1.16. The fourth-order valence-electron chi connectivity index (χ4n) is 4.29. The highest BCUT2D eigenvalue weighted by molar-refractivity contribution is 5.91. The summed E-state index contributed by atoms with van der Waals surface area (Å²) in [5.41, 5.74) is 1.44. The van der Waals surface area contributed by atoms with E-state index in [1.165, 1.54) is 12.8 Å². The van der Waals surface area contributed by atoms with Gasteiger partial charge in [0.1, 0.15) is 0 Å². The quantitative estimate of drug-likeness (QED) is 0.746. The molecule has 1 aliphatic carbocycles. The van der Waals surface area contributed by atoms with Crippen molar-refractivity contribution in [1.82, 2.24) is 30.1 Å². The summed E-state index contributed by atoms with van der Waals surface area (Å²) in [5, 5.41) is 11.0. The summed E-state index contributed by atoms with van der Waals surface area (Å²) < 4.78 is 1.67. The molecule has 2 amide bonds. The Labute approximate surface area is 177 Å². The first-order valence-electron chi connectivity index (χ1n) is 10.9. The Hall–Kier alpha value is -2.74. The van der Waals surface area contributed by atoms with Crippen molar-refractivity contribution in [3.05, 3.63) is 47.8 Å². The predicted molar refractivity (Wildman–Crippen MR) is 113 cm³/mol. The molecule has 0 spiro atoms. The first-order valence-corrected chi connectivity index (χ1v) is 10.9. The standard InChI is InChI=1S/C22H30N6O2/c29-21(20-17-28(25-24-20)16-18-6-2-1-3-7-18)23-10-11-26-12-14-27(15-13-26)22(30)19-8-4-5-9-19/h1-3,6-7,17,19H,4-5,8-16H2,(H,23,29). The van der Waals surface area contributed by atoms with Crippen LogP contribution in [0.4, 0.5) is 0 Å². The molecule has 0 unspecified atom stereocenters. The van der Waals surface area contributed by atoms with Crippen molar-refractivity contribution in [3.63, 3.8) is 0 Å². The van der Waals surface area contributed by atoms with Gasteiger partial charge in [-0.15, -0.1) is 5.10 Å². The Morgan fingerprint density at radius 3 is 2.50 bits per heavy atom. The zero-order valence-electron chi connectivity index (χ0n) is 17.4. The molecule has 30 heavy (non-hydrogen) atoms. The summed E-state index contributed by atoms with van der Waals surface area (Å²) in [4.78, 5) is 29.2. The van der Waals surface area contributed by atoms with Crippen LogP contribution >= 0.6 is 0 Å². The maximum absolute atomic E-state index is 12.5. The highest BCUT2D eigenvalue weighted by Gasteiger charge is 2.29. The molecule has 160 valence electrons. The molecule has 2 aromatic rings. The summed E-state index contributed by atoms with van der Waals surface area (Å²) in [6.07, 6.45) is 6.17. The normalized spacial score (nSPS) is 17.9. The highest BCUT2D eigenvalue weighted by atomic mass is 16.2. The molecule has 4 rings (SSSR count). The molecule has 1 saturated heterocycles. The van der Waals surface area contributed by atoms with E-state index in [2.05, 4.69) is 20.5 Å². The van der Waals surface area contributed by atoms with Crippen molar-refractivity contribution in [2.24, 2.45) is 5.92 Å². The van der Waals surface area contributed by atoms with Gasteiger partial charge in [0, 0.05) is 45.2 Å². The lowest BCUT2D eigenvalue weighted by Gasteiger charge is -2.36. The van der Waals surface area contributed by atoms with Crippen molar-refractivity contribution < 1.29 is 9.59 Å². The zero-order chi connectivity index (χ0) is 20.8. The minimum Gasteiger partial charge on any atom is -0.349 e. The molecule has 8 nitrogen and oxygen atoms in total. The molecular weight excluding hydrogens is 380 g/mol. The van der Waals surface area contributed by atoms with Gasteiger partial charge in [0.2, 0.25) is 5.91 Å². The van der Waals surface area contributed by atoms with E-state index in [9.17, 15) is 9.59 Å². The van der Waals surface area contributed by atoms with E-state index in [0.29, 0.717) is 24.7 Å². The maximum Gasteiger partial charge on any atom is 0.273 e. The lowest BCUT2D eigenvalue weighted by atomic mass is 10.1. The summed E-state index contributed by atoms with van der Waals surface area (Å²) in [6.45, 7) is 5.22. The van der Waals surface area contributed by atoms with E-state index in [-0.39, 0.29) is 11.8 Å². The highest BCUT2D eigenvalue weighted by Crippen LogP contribution is 2.26. The first kappa shape index (κ1) is 20.5. The number of benzene rings is 1. The third-order valence-electron chi connectivity index (χ3n) is 6.06. The molecule has 1 aliphatic heterocycles. The molecule has 1 saturated carbocycles. The number of hydrogen-bond donors (Lipinski definition) is 1. The average Bonchev–Trinajstić information content (AvgIpc) is 3.47. The minimum atomic E-state index is -0.204. The van der Waals surface area contributed by atoms with Crippen LogP contribution in [0.3, 0.4) is 0 Å². The molecule has 2 heterocycles. The fourth-order valence-corrected chi connectivity index (χ4v) is 4.29. The number of rotatable bonds is 7. The van der Waals surface area contributed by atoms with Crippen molar-refractivity contribution >= 4 is 11.8 Å². The van der Waals surface area contributed by atoms with Crippen molar-refractivity contribution in [3.8, 4) is 0 Å². The number of nitrogens with one attached hydrogen (secondary N) is 1. The van der Waals surface area contributed by atoms with Crippen molar-refractivity contribution in [1.29, 1.82) is 0 Å². The van der Waals surface area contributed by atoms with Gasteiger partial charge >= 0.3 is 0 Å². The largest absolute Gasteiger partial charge is 0.349 e. The average molecular weight is 411 g/mol. The van der Waals surface area contributed by atoms with Gasteiger partial charge in [-0.2, -0.15) is 0 Å². The van der Waals surface area contributed by atoms with Crippen LogP contribution in [-0.4, -0.2) is 75.9 Å². The smallest absolute Gasteiger partial charge is 0.273 e. The molecule has 0 bridgehead atoms. The lowest BCUT2D eigenvalue weighted by molar-refractivity contribution is -0.137. The number of carbonyl (C=O) groups is 2. The zero-order valence-corrected chi connectivity index (χ0v) is 17.4. The molecule has 1 aromatic carbocycles. The van der Waals surface area contributed by atoms with E-state index in [1.54, 1.807) is 10.9 Å². The van der Waals surface area contributed by atoms with Gasteiger partial charge in [0.05, 0.1) is 12.7 Å². The van der Waals surface area contributed by atoms with Gasteiger partial charge in [-0.3, -0.25) is 14.5 Å². The minimum absolute atomic E-state index is 0.204. The van der Waals surface area contributed by atoms with Crippen molar-refractivity contribution in [2.75, 3.05) is 39.3 Å². The maximum atomic E-state index is 12.5. The second-order valence-corrected chi connectivity index (χ2v) is 8.19. The Morgan fingerprint density at radius 2 is 1.77 bits per heavy atom. The number of hydrogen-bond acceptors (Lipinski definition) is 5. The number of nitrogens with zero attached hydrogens (tertiary/aromatic N) is 5. The molecule has 1 N–H and O–H groups in total. The molecule has 0 radical (unpaired) electrons. The predicted octanol–water partition coefficient (Wildman–Crippen LogP) is 1.39. The third-order valence-corrected chi connectivity index (χ3v) is 6.06. The van der Waals surface area contributed by atoms with Gasteiger partial charge < -0.3 is 10.2 Å². The first-order chi connectivity index (χ1) is 14.7. The Kier molecular flexibility index (Phi) is 6.74. The molecule has 1 aromatic heterocycles. The molecule has 8 heteroatoms. The Bertz CT molecular complexity index is 838.